The second kappa shape index (κ2) is 6.06. The highest BCUT2D eigenvalue weighted by molar-refractivity contribution is 9.10. The van der Waals surface area contributed by atoms with Crippen LogP contribution in [0.3, 0.4) is 0 Å². The van der Waals surface area contributed by atoms with E-state index in [0.717, 1.165) is 27.6 Å². The second-order valence-corrected chi connectivity index (χ2v) is 6.51. The number of aromatic nitrogens is 2. The number of pyridine rings is 2. The van der Waals surface area contributed by atoms with Crippen molar-refractivity contribution in [2.24, 2.45) is 0 Å². The van der Waals surface area contributed by atoms with E-state index in [1.807, 2.05) is 12.1 Å². The van der Waals surface area contributed by atoms with Crippen LogP contribution in [0.15, 0.2) is 29.0 Å². The highest BCUT2D eigenvalue weighted by Crippen LogP contribution is 2.24. The molecular weight excluding hydrogens is 318 g/mol. The van der Waals surface area contributed by atoms with Gasteiger partial charge in [-0.1, -0.05) is 0 Å². The van der Waals surface area contributed by atoms with Crippen LogP contribution in [0.4, 0.5) is 5.69 Å². The number of rotatable bonds is 5. The van der Waals surface area contributed by atoms with Gasteiger partial charge in [0, 0.05) is 30.0 Å². The molecule has 4 nitrogen and oxygen atoms in total. The Kier molecular flexibility index (Phi) is 4.60. The molecule has 0 aliphatic rings. The number of nitrogens with zero attached hydrogens (tertiary/aromatic N) is 2. The highest BCUT2D eigenvalue weighted by atomic mass is 79.9. The van der Waals surface area contributed by atoms with E-state index in [2.05, 4.69) is 52.0 Å². The van der Waals surface area contributed by atoms with Gasteiger partial charge in [0.15, 0.2) is 0 Å². The molecule has 1 atom stereocenters. The second-order valence-electron chi connectivity index (χ2n) is 5.59. The molecule has 5 heteroatoms. The molecule has 20 heavy (non-hydrogen) atoms. The Morgan fingerprint density at radius 3 is 2.85 bits per heavy atom. The van der Waals surface area contributed by atoms with Gasteiger partial charge in [0.25, 0.3) is 0 Å². The fraction of sp³-hybridized carbons (Fsp3) is 0.467. The van der Waals surface area contributed by atoms with Gasteiger partial charge in [-0.2, -0.15) is 0 Å². The lowest BCUT2D eigenvalue weighted by Crippen LogP contribution is -2.31. The molecular formula is C15H20BrN3O. The molecule has 0 amide bonds. The largest absolute Gasteiger partial charge is 0.381 e. The van der Waals surface area contributed by atoms with E-state index in [9.17, 15) is 0 Å². The van der Waals surface area contributed by atoms with Crippen LogP contribution in [-0.4, -0.2) is 28.7 Å². The summed E-state index contributed by atoms with van der Waals surface area (Å²) in [5, 5.41) is 3.50. The highest BCUT2D eigenvalue weighted by Gasteiger charge is 2.20. The van der Waals surface area contributed by atoms with E-state index in [1.165, 1.54) is 0 Å². The Labute approximate surface area is 128 Å². The monoisotopic (exact) mass is 337 g/mol. The molecule has 2 aromatic rings. The molecule has 0 aliphatic carbocycles. The Hall–Kier alpha value is -1.20. The summed E-state index contributed by atoms with van der Waals surface area (Å²) in [4.78, 5) is 8.79. The van der Waals surface area contributed by atoms with Gasteiger partial charge in [-0.25, -0.2) is 0 Å². The lowest BCUT2D eigenvalue weighted by molar-refractivity contribution is 0.0128. The molecule has 0 radical (unpaired) electrons. The number of hydrogen-bond acceptors (Lipinski definition) is 4. The zero-order valence-electron chi connectivity index (χ0n) is 12.3. The quantitative estimate of drug-likeness (QED) is 0.895. The van der Waals surface area contributed by atoms with E-state index in [1.54, 1.807) is 19.5 Å². The van der Waals surface area contributed by atoms with Crippen molar-refractivity contribution in [2.75, 3.05) is 12.4 Å². The van der Waals surface area contributed by atoms with Crippen molar-refractivity contribution in [1.29, 1.82) is 0 Å². The van der Waals surface area contributed by atoms with Crippen molar-refractivity contribution in [1.82, 2.24) is 9.97 Å². The first-order valence-corrected chi connectivity index (χ1v) is 7.42. The van der Waals surface area contributed by atoms with Gasteiger partial charge < -0.3 is 10.1 Å². The summed E-state index contributed by atoms with van der Waals surface area (Å²) in [5.74, 6) is 0. The van der Waals surface area contributed by atoms with E-state index in [4.69, 9.17) is 4.74 Å². The summed E-state index contributed by atoms with van der Waals surface area (Å²) in [6.07, 6.45) is 4.50. The zero-order valence-corrected chi connectivity index (χ0v) is 13.9. The fourth-order valence-corrected chi connectivity index (χ4v) is 2.58. The molecule has 0 aliphatic heterocycles. The van der Waals surface area contributed by atoms with Gasteiger partial charge in [0.1, 0.15) is 5.52 Å². The third-order valence-electron chi connectivity index (χ3n) is 3.30. The number of hydrogen-bond donors (Lipinski definition) is 1. The maximum atomic E-state index is 5.48. The fourth-order valence-electron chi connectivity index (χ4n) is 2.26. The standard InChI is InChI=1S/C15H20BrN3O/c1-10(8-15(2,3)20-4)19-12-5-6-17-13-7-11(16)9-18-14(12)13/h5-7,9-10H,8H2,1-4H3,(H,17,19). The normalized spacial score (nSPS) is 13.4. The first-order chi connectivity index (χ1) is 9.41. The molecule has 2 heterocycles. The topological polar surface area (TPSA) is 47.0 Å². The van der Waals surface area contributed by atoms with Gasteiger partial charge >= 0.3 is 0 Å². The lowest BCUT2D eigenvalue weighted by Gasteiger charge is -2.27. The molecule has 0 spiro atoms. The Balaban J connectivity index is 2.21. The van der Waals surface area contributed by atoms with Gasteiger partial charge in [0.2, 0.25) is 0 Å². The minimum absolute atomic E-state index is 0.147. The predicted molar refractivity (Wildman–Crippen MR) is 86.0 cm³/mol. The Bertz CT molecular complexity index is 601. The first kappa shape index (κ1) is 15.2. The van der Waals surface area contributed by atoms with Crippen LogP contribution in [-0.2, 0) is 4.74 Å². The Morgan fingerprint density at radius 2 is 2.15 bits per heavy atom. The number of anilines is 1. The molecule has 0 aromatic carbocycles. The van der Waals surface area contributed by atoms with Crippen LogP contribution in [0.25, 0.3) is 11.0 Å². The minimum Gasteiger partial charge on any atom is -0.381 e. The van der Waals surface area contributed by atoms with E-state index in [0.29, 0.717) is 0 Å². The van der Waals surface area contributed by atoms with Gasteiger partial charge in [-0.15, -0.1) is 0 Å². The van der Waals surface area contributed by atoms with Crippen molar-refractivity contribution in [2.45, 2.75) is 38.8 Å². The van der Waals surface area contributed by atoms with Crippen molar-refractivity contribution in [3.05, 3.63) is 29.0 Å². The summed E-state index contributed by atoms with van der Waals surface area (Å²) in [6, 6.07) is 4.21. The average Bonchev–Trinajstić information content (AvgIpc) is 2.38. The van der Waals surface area contributed by atoms with Crippen LogP contribution < -0.4 is 5.32 Å². The smallest absolute Gasteiger partial charge is 0.112 e. The van der Waals surface area contributed by atoms with Crippen LogP contribution in [0.1, 0.15) is 27.2 Å². The van der Waals surface area contributed by atoms with Crippen molar-refractivity contribution in [3.8, 4) is 0 Å². The number of methoxy groups -OCH3 is 1. The number of ether oxygens (including phenoxy) is 1. The zero-order chi connectivity index (χ0) is 14.8. The number of nitrogens with one attached hydrogen (secondary N) is 1. The van der Waals surface area contributed by atoms with Crippen molar-refractivity contribution >= 4 is 32.7 Å². The Morgan fingerprint density at radius 1 is 1.40 bits per heavy atom. The summed E-state index contributed by atoms with van der Waals surface area (Å²) < 4.78 is 6.41. The summed E-state index contributed by atoms with van der Waals surface area (Å²) in [6.45, 7) is 6.32. The maximum absolute atomic E-state index is 5.48. The van der Waals surface area contributed by atoms with Gasteiger partial charge in [0.05, 0.1) is 16.8 Å². The molecule has 1 N–H and O–H groups in total. The number of fused-ring (bicyclic) bond motifs is 1. The molecule has 1 unspecified atom stereocenters. The summed E-state index contributed by atoms with van der Waals surface area (Å²) >= 11 is 3.42. The summed E-state index contributed by atoms with van der Waals surface area (Å²) in [7, 11) is 1.74. The van der Waals surface area contributed by atoms with E-state index >= 15 is 0 Å². The molecule has 2 aromatic heterocycles. The van der Waals surface area contributed by atoms with Crippen LogP contribution in [0.5, 0.6) is 0 Å². The maximum Gasteiger partial charge on any atom is 0.112 e. The third kappa shape index (κ3) is 3.67. The minimum atomic E-state index is -0.147. The molecule has 2 rings (SSSR count). The lowest BCUT2D eigenvalue weighted by atomic mass is 9.99. The SMILES string of the molecule is COC(C)(C)CC(C)Nc1ccnc2cc(Br)cnc12. The third-order valence-corrected chi connectivity index (χ3v) is 3.73. The first-order valence-electron chi connectivity index (χ1n) is 6.63. The van der Waals surface area contributed by atoms with E-state index < -0.39 is 0 Å². The van der Waals surface area contributed by atoms with Crippen LogP contribution in [0.2, 0.25) is 0 Å². The van der Waals surface area contributed by atoms with Gasteiger partial charge in [-0.3, -0.25) is 9.97 Å². The number of halogens is 1. The van der Waals surface area contributed by atoms with Crippen molar-refractivity contribution < 1.29 is 4.74 Å². The predicted octanol–water partition coefficient (Wildman–Crippen LogP) is 4.01. The van der Waals surface area contributed by atoms with Gasteiger partial charge in [-0.05, 0) is 55.3 Å². The molecule has 0 saturated carbocycles. The summed E-state index contributed by atoms with van der Waals surface area (Å²) in [5.41, 5.74) is 2.62. The molecule has 0 bridgehead atoms. The van der Waals surface area contributed by atoms with Crippen molar-refractivity contribution in [3.63, 3.8) is 0 Å². The van der Waals surface area contributed by atoms with Crippen LogP contribution >= 0.6 is 15.9 Å². The molecule has 0 fully saturated rings. The average molecular weight is 338 g/mol. The van der Waals surface area contributed by atoms with E-state index in [-0.39, 0.29) is 11.6 Å². The molecule has 108 valence electrons. The van der Waals surface area contributed by atoms with Crippen LogP contribution in [0, 0.1) is 0 Å². The molecule has 0 saturated heterocycles.